The maximum absolute atomic E-state index is 11.6. The Kier molecular flexibility index (Phi) is 7.62. The van der Waals surface area contributed by atoms with E-state index in [9.17, 15) is 18.0 Å². The largest absolute Gasteiger partial charge is 0.422 e. The zero-order valence-electron chi connectivity index (χ0n) is 13.6. The Morgan fingerprint density at radius 1 is 1.29 bits per heavy atom. The molecular weight excluding hydrogens is 345 g/mol. The van der Waals surface area contributed by atoms with E-state index in [1.165, 1.54) is 6.07 Å². The van der Waals surface area contributed by atoms with Crippen molar-refractivity contribution in [2.75, 3.05) is 23.7 Å². The SMILES string of the molecule is CCN(CCCS(=O)(=O)O)c1ccc2cc(C=O)c(=O)oc2c1.[Na]. The van der Waals surface area contributed by atoms with Crippen LogP contribution in [-0.2, 0) is 10.1 Å². The topological polar surface area (TPSA) is 105 Å². The standard InChI is InChI=1S/C15H17NO6S.Na/c1-2-16(6-3-7-23(19,20)21)13-5-4-11-8-12(10-17)15(18)22-14(11)9-13;/h4-5,8-10H,2-3,6-7H2,1H3,(H,19,20,21);. The maximum atomic E-state index is 11.6. The van der Waals surface area contributed by atoms with Gasteiger partial charge >= 0.3 is 5.63 Å². The van der Waals surface area contributed by atoms with Crippen molar-refractivity contribution in [2.45, 2.75) is 13.3 Å². The van der Waals surface area contributed by atoms with Crippen LogP contribution in [0.3, 0.4) is 0 Å². The van der Waals surface area contributed by atoms with E-state index in [1.54, 1.807) is 18.2 Å². The summed E-state index contributed by atoms with van der Waals surface area (Å²) >= 11 is 0. The first-order chi connectivity index (χ1) is 10.8. The van der Waals surface area contributed by atoms with Gasteiger partial charge in [0.15, 0.2) is 6.29 Å². The molecule has 9 heteroatoms. The Morgan fingerprint density at radius 2 is 2.00 bits per heavy atom. The number of hydrogen-bond acceptors (Lipinski definition) is 6. The van der Waals surface area contributed by atoms with Crippen molar-refractivity contribution >= 4 is 62.6 Å². The second-order valence-electron chi connectivity index (χ2n) is 5.05. The summed E-state index contributed by atoms with van der Waals surface area (Å²) < 4.78 is 35.4. The van der Waals surface area contributed by atoms with Gasteiger partial charge < -0.3 is 9.32 Å². The first-order valence-corrected chi connectivity index (χ1v) is 8.68. The number of benzene rings is 1. The third kappa shape index (κ3) is 5.42. The van der Waals surface area contributed by atoms with E-state index in [4.69, 9.17) is 8.97 Å². The van der Waals surface area contributed by atoms with E-state index in [0.29, 0.717) is 30.3 Å². The summed E-state index contributed by atoms with van der Waals surface area (Å²) in [6.07, 6.45) is 0.728. The van der Waals surface area contributed by atoms with Gasteiger partial charge in [0.2, 0.25) is 0 Å². The number of carbonyl (C=O) groups excluding carboxylic acids is 1. The van der Waals surface area contributed by atoms with Crippen molar-refractivity contribution < 1.29 is 22.2 Å². The van der Waals surface area contributed by atoms with Crippen molar-refractivity contribution in [3.8, 4) is 0 Å². The molecule has 0 fully saturated rings. The van der Waals surface area contributed by atoms with Crippen molar-refractivity contribution in [1.29, 1.82) is 0 Å². The van der Waals surface area contributed by atoms with Gasteiger partial charge in [-0.05, 0) is 31.5 Å². The Bertz CT molecular complexity index is 877. The molecule has 0 aliphatic heterocycles. The summed E-state index contributed by atoms with van der Waals surface area (Å²) in [7, 11) is -3.98. The summed E-state index contributed by atoms with van der Waals surface area (Å²) in [6, 6.07) is 6.66. The van der Waals surface area contributed by atoms with Crippen molar-refractivity contribution in [2.24, 2.45) is 0 Å². The summed E-state index contributed by atoms with van der Waals surface area (Å²) in [5, 5.41) is 0.629. The van der Waals surface area contributed by atoms with Crippen LogP contribution in [0.25, 0.3) is 11.0 Å². The smallest absolute Gasteiger partial charge is 0.346 e. The predicted molar refractivity (Wildman–Crippen MR) is 92.5 cm³/mol. The van der Waals surface area contributed by atoms with Gasteiger partial charge in [0.1, 0.15) is 11.1 Å². The number of hydrogen-bond donors (Lipinski definition) is 1. The minimum Gasteiger partial charge on any atom is -0.422 e. The molecule has 0 atom stereocenters. The fourth-order valence-electron chi connectivity index (χ4n) is 2.30. The molecule has 7 nitrogen and oxygen atoms in total. The molecule has 0 bridgehead atoms. The van der Waals surface area contributed by atoms with Crippen molar-refractivity contribution in [3.05, 3.63) is 40.2 Å². The maximum Gasteiger partial charge on any atom is 0.346 e. The van der Waals surface area contributed by atoms with Crippen molar-refractivity contribution in [1.82, 2.24) is 0 Å². The van der Waals surface area contributed by atoms with Gasteiger partial charge in [0.05, 0.1) is 5.75 Å². The van der Waals surface area contributed by atoms with Gasteiger partial charge in [-0.25, -0.2) is 4.79 Å². The molecular formula is C15H17NNaO6S. The van der Waals surface area contributed by atoms with Crippen LogP contribution < -0.4 is 10.5 Å². The van der Waals surface area contributed by atoms with Crippen LogP contribution in [0.4, 0.5) is 5.69 Å². The minimum atomic E-state index is -3.98. The monoisotopic (exact) mass is 362 g/mol. The molecule has 2 rings (SSSR count). The molecule has 0 aliphatic carbocycles. The molecule has 0 spiro atoms. The minimum absolute atomic E-state index is 0. The van der Waals surface area contributed by atoms with E-state index in [-0.39, 0.29) is 47.3 Å². The molecule has 1 N–H and O–H groups in total. The second-order valence-corrected chi connectivity index (χ2v) is 6.62. The van der Waals surface area contributed by atoms with Gasteiger partial charge in [0, 0.05) is 59.8 Å². The van der Waals surface area contributed by atoms with Crippen LogP contribution in [0.15, 0.2) is 33.5 Å². The van der Waals surface area contributed by atoms with E-state index in [0.717, 1.165) is 5.69 Å². The Labute approximate surface area is 161 Å². The zero-order chi connectivity index (χ0) is 17.0. The van der Waals surface area contributed by atoms with Crippen LogP contribution in [0, 0.1) is 0 Å². The third-order valence-electron chi connectivity index (χ3n) is 3.45. The number of fused-ring (bicyclic) bond motifs is 1. The summed E-state index contributed by atoms with van der Waals surface area (Å²) in [4.78, 5) is 24.2. The molecule has 0 saturated carbocycles. The van der Waals surface area contributed by atoms with Gasteiger partial charge in [-0.1, -0.05) is 0 Å². The second kappa shape index (κ2) is 8.77. The van der Waals surface area contributed by atoms with Crippen LogP contribution in [0.2, 0.25) is 0 Å². The van der Waals surface area contributed by atoms with Crippen LogP contribution in [-0.4, -0.2) is 67.7 Å². The molecule has 0 aliphatic rings. The van der Waals surface area contributed by atoms with Crippen LogP contribution >= 0.6 is 0 Å². The molecule has 0 amide bonds. The zero-order valence-corrected chi connectivity index (χ0v) is 16.4. The normalized spacial score (nSPS) is 11.1. The summed E-state index contributed by atoms with van der Waals surface area (Å²) in [5.41, 5.74) is 0.383. The quantitative estimate of drug-likeness (QED) is 0.343. The van der Waals surface area contributed by atoms with Crippen LogP contribution in [0.5, 0.6) is 0 Å². The van der Waals surface area contributed by atoms with E-state index in [2.05, 4.69) is 0 Å². The molecule has 1 aromatic heterocycles. The van der Waals surface area contributed by atoms with Gasteiger partial charge in [0.25, 0.3) is 10.1 Å². The van der Waals surface area contributed by atoms with Gasteiger partial charge in [-0.15, -0.1) is 0 Å². The third-order valence-corrected chi connectivity index (χ3v) is 4.26. The Hall–Kier alpha value is -1.19. The first kappa shape index (κ1) is 20.9. The number of carbonyl (C=O) groups is 1. The first-order valence-electron chi connectivity index (χ1n) is 7.07. The molecule has 2 aromatic rings. The van der Waals surface area contributed by atoms with Crippen LogP contribution in [0.1, 0.15) is 23.7 Å². The molecule has 1 heterocycles. The van der Waals surface area contributed by atoms with Gasteiger partial charge in [-0.2, -0.15) is 8.42 Å². The van der Waals surface area contributed by atoms with E-state index in [1.807, 2.05) is 11.8 Å². The molecule has 0 saturated heterocycles. The van der Waals surface area contributed by atoms with Crippen molar-refractivity contribution in [3.63, 3.8) is 0 Å². The molecule has 24 heavy (non-hydrogen) atoms. The Morgan fingerprint density at radius 3 is 2.58 bits per heavy atom. The van der Waals surface area contributed by atoms with E-state index >= 15 is 0 Å². The summed E-state index contributed by atoms with van der Waals surface area (Å²) in [5.74, 6) is -0.311. The number of rotatable bonds is 7. The fraction of sp³-hybridized carbons (Fsp3) is 0.333. The Balaban J connectivity index is 0.00000288. The number of nitrogens with zero attached hydrogens (tertiary/aromatic N) is 1. The molecule has 125 valence electrons. The summed E-state index contributed by atoms with van der Waals surface area (Å²) in [6.45, 7) is 2.95. The molecule has 1 aromatic carbocycles. The average Bonchev–Trinajstić information content (AvgIpc) is 2.49. The predicted octanol–water partition coefficient (Wildman–Crippen LogP) is 1.33. The average molecular weight is 362 g/mol. The molecule has 1 radical (unpaired) electrons. The van der Waals surface area contributed by atoms with Gasteiger partial charge in [-0.3, -0.25) is 9.35 Å². The fourth-order valence-corrected chi connectivity index (χ4v) is 2.80. The number of aldehydes is 1. The number of anilines is 1. The van der Waals surface area contributed by atoms with E-state index < -0.39 is 15.7 Å². The molecule has 0 unspecified atom stereocenters.